The van der Waals surface area contributed by atoms with E-state index in [0.29, 0.717) is 6.42 Å². The minimum Gasteiger partial charge on any atom is -0.396 e. The van der Waals surface area contributed by atoms with E-state index >= 15 is 0 Å². The van der Waals surface area contributed by atoms with Crippen LogP contribution >= 0.6 is 0 Å². The van der Waals surface area contributed by atoms with Crippen LogP contribution in [-0.4, -0.2) is 29.0 Å². The van der Waals surface area contributed by atoms with Crippen molar-refractivity contribution in [1.29, 1.82) is 0 Å². The van der Waals surface area contributed by atoms with E-state index in [1.54, 1.807) is 0 Å². The van der Waals surface area contributed by atoms with Gasteiger partial charge in [-0.1, -0.05) is 12.1 Å². The Morgan fingerprint density at radius 1 is 1.20 bits per heavy atom. The van der Waals surface area contributed by atoms with Crippen molar-refractivity contribution in [3.63, 3.8) is 0 Å². The maximum absolute atomic E-state index is 9.41. The highest BCUT2D eigenvalue weighted by Gasteiger charge is 2.28. The number of rotatable bonds is 4. The van der Waals surface area contributed by atoms with Crippen LogP contribution in [0.5, 0.6) is 0 Å². The Bertz CT molecular complexity index is 310. The van der Waals surface area contributed by atoms with E-state index in [-0.39, 0.29) is 18.8 Å². The molecule has 0 aliphatic heterocycles. The number of hydrogen-bond donors (Lipinski definition) is 3. The van der Waals surface area contributed by atoms with Gasteiger partial charge in [0.15, 0.2) is 0 Å². The lowest BCUT2D eigenvalue weighted by molar-refractivity contribution is 0.0786. The fraction of sp³-hybridized carbons (Fsp3) is 0.500. The highest BCUT2D eigenvalue weighted by Crippen LogP contribution is 2.24. The molecule has 0 saturated heterocycles. The minimum absolute atomic E-state index is 0.189. The van der Waals surface area contributed by atoms with Crippen LogP contribution in [-0.2, 0) is 6.42 Å². The molecule has 82 valence electrons. The Balaban J connectivity index is 1.92. The number of anilines is 1. The highest BCUT2D eigenvalue weighted by atomic mass is 16.3. The molecule has 0 unspecified atom stereocenters. The van der Waals surface area contributed by atoms with Crippen molar-refractivity contribution in [2.24, 2.45) is 0 Å². The van der Waals surface area contributed by atoms with Gasteiger partial charge in [-0.15, -0.1) is 0 Å². The topological polar surface area (TPSA) is 52.5 Å². The minimum atomic E-state index is -0.192. The smallest absolute Gasteiger partial charge is 0.0741 e. The van der Waals surface area contributed by atoms with Gasteiger partial charge >= 0.3 is 0 Å². The third-order valence-corrected chi connectivity index (χ3v) is 2.94. The van der Waals surface area contributed by atoms with E-state index in [2.05, 4.69) is 5.32 Å². The van der Waals surface area contributed by atoms with Gasteiger partial charge in [0.2, 0.25) is 0 Å². The van der Waals surface area contributed by atoms with Crippen LogP contribution in [0.1, 0.15) is 18.4 Å². The standard InChI is InChI=1S/C12H17NO2/c14-8-7-9-1-3-10(4-2-9)13-11-5-6-12(11)15/h1-4,11-15H,5-8H2/t11-,12-/m1/s1. The van der Waals surface area contributed by atoms with Crippen molar-refractivity contribution in [2.75, 3.05) is 11.9 Å². The predicted molar refractivity (Wildman–Crippen MR) is 59.9 cm³/mol. The molecule has 0 spiro atoms. The Morgan fingerprint density at radius 3 is 2.40 bits per heavy atom. The largest absolute Gasteiger partial charge is 0.396 e. The Hall–Kier alpha value is -1.06. The van der Waals surface area contributed by atoms with E-state index < -0.39 is 0 Å². The molecule has 1 aromatic rings. The molecule has 0 amide bonds. The zero-order valence-corrected chi connectivity index (χ0v) is 8.69. The van der Waals surface area contributed by atoms with E-state index in [9.17, 15) is 5.11 Å². The third-order valence-electron chi connectivity index (χ3n) is 2.94. The number of aliphatic hydroxyl groups excluding tert-OH is 2. The van der Waals surface area contributed by atoms with Crippen LogP contribution < -0.4 is 5.32 Å². The highest BCUT2D eigenvalue weighted by molar-refractivity contribution is 5.46. The lowest BCUT2D eigenvalue weighted by atomic mass is 9.89. The van der Waals surface area contributed by atoms with Gasteiger partial charge in [0, 0.05) is 12.3 Å². The maximum atomic E-state index is 9.41. The summed E-state index contributed by atoms with van der Waals surface area (Å²) < 4.78 is 0. The molecule has 1 fully saturated rings. The average molecular weight is 207 g/mol. The van der Waals surface area contributed by atoms with Crippen molar-refractivity contribution in [2.45, 2.75) is 31.4 Å². The first-order valence-corrected chi connectivity index (χ1v) is 5.44. The first-order valence-electron chi connectivity index (χ1n) is 5.44. The van der Waals surface area contributed by atoms with E-state index in [0.717, 1.165) is 24.1 Å². The molecule has 2 rings (SSSR count). The molecule has 1 aromatic carbocycles. The van der Waals surface area contributed by atoms with Crippen LogP contribution in [0, 0.1) is 0 Å². The van der Waals surface area contributed by atoms with Crippen LogP contribution in [0.3, 0.4) is 0 Å². The average Bonchev–Trinajstić information content (AvgIpc) is 2.26. The fourth-order valence-corrected chi connectivity index (χ4v) is 1.76. The first-order chi connectivity index (χ1) is 7.29. The summed E-state index contributed by atoms with van der Waals surface area (Å²) in [6.45, 7) is 0.189. The van der Waals surface area contributed by atoms with Gasteiger partial charge in [0.1, 0.15) is 0 Å². The number of aliphatic hydroxyl groups is 2. The van der Waals surface area contributed by atoms with Crippen molar-refractivity contribution >= 4 is 5.69 Å². The summed E-state index contributed by atoms with van der Waals surface area (Å²) in [7, 11) is 0. The van der Waals surface area contributed by atoms with Crippen molar-refractivity contribution in [3.05, 3.63) is 29.8 Å². The first kappa shape index (κ1) is 10.5. The van der Waals surface area contributed by atoms with Gasteiger partial charge in [-0.25, -0.2) is 0 Å². The summed E-state index contributed by atoms with van der Waals surface area (Å²) in [4.78, 5) is 0. The van der Waals surface area contributed by atoms with E-state index in [1.807, 2.05) is 24.3 Å². The van der Waals surface area contributed by atoms with Crippen LogP contribution in [0.2, 0.25) is 0 Å². The summed E-state index contributed by atoms with van der Waals surface area (Å²) in [5.41, 5.74) is 2.18. The van der Waals surface area contributed by atoms with E-state index in [1.165, 1.54) is 0 Å². The Labute approximate surface area is 89.8 Å². The zero-order valence-electron chi connectivity index (χ0n) is 8.69. The molecule has 1 aliphatic carbocycles. The Morgan fingerprint density at radius 2 is 1.93 bits per heavy atom. The molecule has 0 aromatic heterocycles. The molecule has 0 heterocycles. The molecule has 1 saturated carbocycles. The number of hydrogen-bond acceptors (Lipinski definition) is 3. The van der Waals surface area contributed by atoms with Gasteiger partial charge in [-0.2, -0.15) is 0 Å². The van der Waals surface area contributed by atoms with Crippen LogP contribution in [0.25, 0.3) is 0 Å². The van der Waals surface area contributed by atoms with Gasteiger partial charge in [-0.3, -0.25) is 0 Å². The van der Waals surface area contributed by atoms with Gasteiger partial charge < -0.3 is 15.5 Å². The van der Waals surface area contributed by atoms with Crippen LogP contribution in [0.15, 0.2) is 24.3 Å². The summed E-state index contributed by atoms with van der Waals surface area (Å²) in [5.74, 6) is 0. The molecule has 0 radical (unpaired) electrons. The molecule has 3 heteroatoms. The van der Waals surface area contributed by atoms with Gasteiger partial charge in [-0.05, 0) is 37.0 Å². The van der Waals surface area contributed by atoms with Crippen molar-refractivity contribution < 1.29 is 10.2 Å². The normalized spacial score (nSPS) is 24.7. The summed E-state index contributed by atoms with van der Waals surface area (Å²) in [6, 6.07) is 8.22. The second kappa shape index (κ2) is 4.64. The monoisotopic (exact) mass is 207 g/mol. The Kier molecular flexibility index (Phi) is 3.23. The zero-order chi connectivity index (χ0) is 10.7. The maximum Gasteiger partial charge on any atom is 0.0741 e. The number of nitrogens with one attached hydrogen (secondary N) is 1. The molecule has 0 bridgehead atoms. The lowest BCUT2D eigenvalue weighted by Crippen LogP contribution is -2.42. The molecular formula is C12H17NO2. The molecule has 3 N–H and O–H groups in total. The van der Waals surface area contributed by atoms with Gasteiger partial charge in [0.05, 0.1) is 12.1 Å². The molecular weight excluding hydrogens is 190 g/mol. The van der Waals surface area contributed by atoms with Crippen LogP contribution in [0.4, 0.5) is 5.69 Å². The quantitative estimate of drug-likeness (QED) is 0.694. The van der Waals surface area contributed by atoms with Crippen molar-refractivity contribution in [1.82, 2.24) is 0 Å². The third kappa shape index (κ3) is 2.49. The summed E-state index contributed by atoms with van der Waals surface area (Å²) >= 11 is 0. The summed E-state index contributed by atoms with van der Waals surface area (Å²) in [6.07, 6.45) is 2.45. The summed E-state index contributed by atoms with van der Waals surface area (Å²) in [5, 5.41) is 21.5. The lowest BCUT2D eigenvalue weighted by Gasteiger charge is -2.33. The fourth-order valence-electron chi connectivity index (χ4n) is 1.76. The molecule has 3 nitrogen and oxygen atoms in total. The predicted octanol–water partition coefficient (Wildman–Crippen LogP) is 1.16. The second-order valence-electron chi connectivity index (χ2n) is 4.07. The number of benzene rings is 1. The molecule has 2 atom stereocenters. The molecule has 1 aliphatic rings. The molecule has 15 heavy (non-hydrogen) atoms. The van der Waals surface area contributed by atoms with Gasteiger partial charge in [0.25, 0.3) is 0 Å². The van der Waals surface area contributed by atoms with E-state index in [4.69, 9.17) is 5.11 Å². The SMILES string of the molecule is OCCc1ccc(N[C@@H]2CC[C@H]2O)cc1. The second-order valence-corrected chi connectivity index (χ2v) is 4.07. The van der Waals surface area contributed by atoms with Crippen molar-refractivity contribution in [3.8, 4) is 0 Å².